The van der Waals surface area contributed by atoms with Crippen LogP contribution in [0, 0.1) is 10.1 Å². The molecule has 0 atom stereocenters. The van der Waals surface area contributed by atoms with Gasteiger partial charge in [-0.25, -0.2) is 9.59 Å². The highest BCUT2D eigenvalue weighted by Crippen LogP contribution is 2.44. The third-order valence-electron chi connectivity index (χ3n) is 5.26. The van der Waals surface area contributed by atoms with Crippen LogP contribution in [0.1, 0.15) is 24.0 Å². The molecule has 0 amide bonds. The van der Waals surface area contributed by atoms with E-state index in [0.717, 1.165) is 11.6 Å². The van der Waals surface area contributed by atoms with Crippen LogP contribution in [-0.2, 0) is 25.6 Å². The van der Waals surface area contributed by atoms with Crippen molar-refractivity contribution in [3.63, 3.8) is 0 Å². The Morgan fingerprint density at radius 2 is 1.66 bits per heavy atom. The largest absolute Gasteiger partial charge is 0.500 e. The van der Waals surface area contributed by atoms with Crippen LogP contribution in [0.3, 0.4) is 0 Å². The zero-order valence-corrected chi connectivity index (χ0v) is 19.9. The number of methoxy groups -OCH3 is 2. The number of benzene rings is 2. The Morgan fingerprint density at radius 3 is 2.14 bits per heavy atom. The third-order valence-corrected chi connectivity index (χ3v) is 5.51. The molecule has 0 bridgehead atoms. The molecule has 0 saturated heterocycles. The maximum absolute atomic E-state index is 12.8. The minimum atomic E-state index is -1.09. The topological polar surface area (TPSA) is 128 Å². The fourth-order valence-electron chi connectivity index (χ4n) is 3.72. The molecule has 2 aromatic carbocycles. The highest BCUT2D eigenvalue weighted by molar-refractivity contribution is 6.30. The normalized spacial score (nSPS) is 13.5. The molecular weight excluding hydrogens is 480 g/mol. The number of halogens is 1. The third kappa shape index (κ3) is 5.55. The number of hydrogen-bond donors (Lipinski definition) is 1. The Bertz CT molecular complexity index is 1170. The average Bonchev–Trinajstić information content (AvgIpc) is 2.85. The zero-order valence-electron chi connectivity index (χ0n) is 19.2. The molecule has 1 aliphatic rings. The van der Waals surface area contributed by atoms with Gasteiger partial charge in [0.15, 0.2) is 5.75 Å². The van der Waals surface area contributed by atoms with Crippen LogP contribution in [-0.4, -0.2) is 47.7 Å². The number of ether oxygens (including phenoxy) is 3. The van der Waals surface area contributed by atoms with Crippen LogP contribution in [0.5, 0.6) is 11.5 Å². The fourth-order valence-corrected chi connectivity index (χ4v) is 3.85. The van der Waals surface area contributed by atoms with E-state index in [9.17, 15) is 24.8 Å². The van der Waals surface area contributed by atoms with Gasteiger partial charge >= 0.3 is 17.6 Å². The molecule has 35 heavy (non-hydrogen) atoms. The van der Waals surface area contributed by atoms with E-state index in [0.29, 0.717) is 5.02 Å². The van der Waals surface area contributed by atoms with Gasteiger partial charge in [-0.1, -0.05) is 23.7 Å². The maximum atomic E-state index is 12.8. The average molecular weight is 503 g/mol. The van der Waals surface area contributed by atoms with Crippen molar-refractivity contribution in [2.45, 2.75) is 19.4 Å². The highest BCUT2D eigenvalue weighted by Gasteiger charge is 2.37. The summed E-state index contributed by atoms with van der Waals surface area (Å²) >= 11 is 5.95. The number of aromatic hydroxyl groups is 1. The van der Waals surface area contributed by atoms with Gasteiger partial charge in [-0.2, -0.15) is 0 Å². The molecule has 2 aromatic rings. The van der Waals surface area contributed by atoms with Crippen LogP contribution in [0.15, 0.2) is 59.9 Å². The molecular formula is C24H23ClN2O8. The number of nitro benzene ring substituents is 1. The quantitative estimate of drug-likeness (QED) is 0.322. The molecule has 0 saturated carbocycles. The van der Waals surface area contributed by atoms with E-state index >= 15 is 0 Å². The van der Waals surface area contributed by atoms with Crippen LogP contribution < -0.4 is 4.74 Å². The van der Waals surface area contributed by atoms with Crippen molar-refractivity contribution in [3.8, 4) is 11.5 Å². The maximum Gasteiger partial charge on any atom is 0.336 e. The summed E-state index contributed by atoms with van der Waals surface area (Å²) in [6.07, 6.45) is 2.99. The van der Waals surface area contributed by atoms with E-state index in [4.69, 9.17) is 25.8 Å². The summed E-state index contributed by atoms with van der Waals surface area (Å²) in [6, 6.07) is 9.45. The lowest BCUT2D eigenvalue weighted by Gasteiger charge is -2.30. The Morgan fingerprint density at radius 1 is 1.09 bits per heavy atom. The number of nitrogens with zero attached hydrogens (tertiary/aromatic N) is 2. The van der Waals surface area contributed by atoms with E-state index in [2.05, 4.69) is 0 Å². The summed E-state index contributed by atoms with van der Waals surface area (Å²) in [6.45, 7) is 2.05. The lowest BCUT2D eigenvalue weighted by molar-refractivity contribution is -0.386. The minimum Gasteiger partial charge on any atom is -0.500 e. The van der Waals surface area contributed by atoms with Crippen molar-refractivity contribution in [1.29, 1.82) is 0 Å². The van der Waals surface area contributed by atoms with Crippen molar-refractivity contribution in [3.05, 3.63) is 86.2 Å². The fraction of sp³-hybridized carbons (Fsp3) is 0.250. The summed E-state index contributed by atoms with van der Waals surface area (Å²) in [5.41, 5.74) is 0.437. The molecule has 1 heterocycles. The van der Waals surface area contributed by atoms with Gasteiger partial charge in [0.05, 0.1) is 42.8 Å². The lowest BCUT2D eigenvalue weighted by atomic mass is 9.82. The van der Waals surface area contributed by atoms with E-state index in [1.54, 1.807) is 36.1 Å². The Kier molecular flexibility index (Phi) is 7.98. The van der Waals surface area contributed by atoms with Crippen molar-refractivity contribution < 1.29 is 33.8 Å². The lowest BCUT2D eigenvalue weighted by Crippen LogP contribution is -2.28. The summed E-state index contributed by atoms with van der Waals surface area (Å²) in [4.78, 5) is 38.1. The summed E-state index contributed by atoms with van der Waals surface area (Å²) < 4.78 is 15.3. The van der Waals surface area contributed by atoms with Crippen molar-refractivity contribution in [2.24, 2.45) is 0 Å². The standard InChI is InChI=1S/C24H23ClN2O8/c1-4-35-20-10-15(9-19(22(20)28)27(31)32)21-17(23(29)33-2)12-26(13-18(21)24(30)34-3)11-14-5-7-16(25)8-6-14/h5-10,12-13,21,28H,4,11H2,1-3H3. The number of carbonyl (C=O) groups is 2. The molecule has 1 aliphatic heterocycles. The van der Waals surface area contributed by atoms with Crippen LogP contribution in [0.4, 0.5) is 5.69 Å². The number of carbonyl (C=O) groups excluding carboxylic acids is 2. The van der Waals surface area contributed by atoms with Crippen LogP contribution in [0.25, 0.3) is 0 Å². The van der Waals surface area contributed by atoms with Gasteiger partial charge in [0, 0.05) is 30.0 Å². The summed E-state index contributed by atoms with van der Waals surface area (Å²) in [5.74, 6) is -3.41. The molecule has 0 spiro atoms. The highest BCUT2D eigenvalue weighted by atomic mass is 35.5. The van der Waals surface area contributed by atoms with Crippen molar-refractivity contribution in [1.82, 2.24) is 4.90 Å². The molecule has 0 aromatic heterocycles. The van der Waals surface area contributed by atoms with Gasteiger partial charge in [0.1, 0.15) is 0 Å². The first-order chi connectivity index (χ1) is 16.7. The molecule has 184 valence electrons. The molecule has 10 nitrogen and oxygen atoms in total. The van der Waals surface area contributed by atoms with Gasteiger partial charge in [-0.05, 0) is 36.2 Å². The monoisotopic (exact) mass is 502 g/mol. The molecule has 3 rings (SSSR count). The number of hydrogen-bond acceptors (Lipinski definition) is 9. The van der Waals surface area contributed by atoms with E-state index < -0.39 is 34.2 Å². The molecule has 0 radical (unpaired) electrons. The Balaban J connectivity index is 2.18. The van der Waals surface area contributed by atoms with Crippen molar-refractivity contribution in [2.75, 3.05) is 20.8 Å². The predicted octanol–water partition coefficient (Wildman–Crippen LogP) is 4.07. The van der Waals surface area contributed by atoms with Crippen molar-refractivity contribution >= 4 is 29.2 Å². The second-order valence-electron chi connectivity index (χ2n) is 7.46. The first-order valence-electron chi connectivity index (χ1n) is 10.4. The Hall–Kier alpha value is -4.05. The van der Waals surface area contributed by atoms with Gasteiger partial charge in [0.25, 0.3) is 0 Å². The zero-order chi connectivity index (χ0) is 25.7. The van der Waals surface area contributed by atoms with Gasteiger partial charge in [-0.3, -0.25) is 10.1 Å². The number of phenols is 1. The SMILES string of the molecule is CCOc1cc(C2C(C(=O)OC)=CN(Cc3ccc(Cl)cc3)C=C2C(=O)OC)cc([N+](=O)[O-])c1O. The smallest absolute Gasteiger partial charge is 0.336 e. The molecule has 1 N–H and O–H groups in total. The molecule has 0 aliphatic carbocycles. The number of nitro groups is 1. The van der Waals surface area contributed by atoms with Gasteiger partial charge < -0.3 is 24.2 Å². The molecule has 0 unspecified atom stereocenters. The van der Waals surface area contributed by atoms with Gasteiger partial charge in [0.2, 0.25) is 5.75 Å². The number of phenolic OH excluding ortho intramolecular Hbond substituents is 1. The summed E-state index contributed by atoms with van der Waals surface area (Å²) in [5, 5.41) is 22.4. The van der Waals surface area contributed by atoms with Gasteiger partial charge in [-0.15, -0.1) is 0 Å². The molecule has 11 heteroatoms. The minimum absolute atomic E-state index is 0.0341. The van der Waals surface area contributed by atoms with E-state index in [1.165, 1.54) is 32.7 Å². The number of esters is 2. The molecule has 0 fully saturated rings. The first-order valence-corrected chi connectivity index (χ1v) is 10.8. The second-order valence-corrected chi connectivity index (χ2v) is 7.90. The Labute approximate surface area is 206 Å². The predicted molar refractivity (Wildman–Crippen MR) is 126 cm³/mol. The van der Waals surface area contributed by atoms with Crippen LogP contribution >= 0.6 is 11.6 Å². The van der Waals surface area contributed by atoms with E-state index in [1.807, 2.05) is 0 Å². The van der Waals surface area contributed by atoms with E-state index in [-0.39, 0.29) is 35.6 Å². The first kappa shape index (κ1) is 25.6. The summed E-state index contributed by atoms with van der Waals surface area (Å²) in [7, 11) is 2.37. The second kappa shape index (κ2) is 10.9. The number of rotatable bonds is 8. The van der Waals surface area contributed by atoms with Crippen LogP contribution in [0.2, 0.25) is 5.02 Å².